The number of ether oxygens (including phenoxy) is 1. The van der Waals surface area contributed by atoms with Crippen molar-refractivity contribution in [3.8, 4) is 0 Å². The van der Waals surface area contributed by atoms with E-state index in [2.05, 4.69) is 19.1 Å². The molecular formula is C13H18O2Se. The van der Waals surface area contributed by atoms with Crippen LogP contribution in [0.2, 0.25) is 4.82 Å². The molecule has 2 nitrogen and oxygen atoms in total. The van der Waals surface area contributed by atoms with Crippen molar-refractivity contribution in [3.63, 3.8) is 0 Å². The third kappa shape index (κ3) is 4.38. The average Bonchev–Trinajstić information content (AvgIpc) is 2.34. The van der Waals surface area contributed by atoms with Gasteiger partial charge in [-0.3, -0.25) is 0 Å². The fourth-order valence-electron chi connectivity index (χ4n) is 1.41. The maximum absolute atomic E-state index is 11.6. The van der Waals surface area contributed by atoms with E-state index < -0.39 is 0 Å². The second-order valence-electron chi connectivity index (χ2n) is 3.58. The van der Waals surface area contributed by atoms with Gasteiger partial charge < -0.3 is 0 Å². The van der Waals surface area contributed by atoms with Gasteiger partial charge in [-0.1, -0.05) is 0 Å². The Kier molecular flexibility index (Phi) is 6.20. The minimum atomic E-state index is -0.0581. The second kappa shape index (κ2) is 7.48. The van der Waals surface area contributed by atoms with Crippen LogP contribution >= 0.6 is 0 Å². The summed E-state index contributed by atoms with van der Waals surface area (Å²) in [6.45, 7) is 2.14. The van der Waals surface area contributed by atoms with Crippen LogP contribution in [0.3, 0.4) is 0 Å². The first-order chi connectivity index (χ1) is 7.77. The number of hydrogen-bond donors (Lipinski definition) is 0. The van der Waals surface area contributed by atoms with Crippen LogP contribution in [0.15, 0.2) is 30.3 Å². The molecule has 3 heteroatoms. The summed E-state index contributed by atoms with van der Waals surface area (Å²) < 4.78 is 6.12. The Bertz CT molecular complexity index is 311. The van der Waals surface area contributed by atoms with E-state index >= 15 is 0 Å². The topological polar surface area (TPSA) is 26.3 Å². The third-order valence-electron chi connectivity index (χ3n) is 2.31. The van der Waals surface area contributed by atoms with Gasteiger partial charge >= 0.3 is 103 Å². The van der Waals surface area contributed by atoms with Crippen molar-refractivity contribution in [1.82, 2.24) is 0 Å². The van der Waals surface area contributed by atoms with Crippen molar-refractivity contribution in [2.45, 2.75) is 31.0 Å². The van der Waals surface area contributed by atoms with Gasteiger partial charge in [0.1, 0.15) is 0 Å². The van der Waals surface area contributed by atoms with Gasteiger partial charge in [-0.25, -0.2) is 0 Å². The molecule has 0 aromatic heterocycles. The van der Waals surface area contributed by atoms with E-state index in [9.17, 15) is 4.79 Å². The fourth-order valence-corrected chi connectivity index (χ4v) is 3.76. The van der Waals surface area contributed by atoms with Crippen molar-refractivity contribution in [2.75, 3.05) is 7.11 Å². The summed E-state index contributed by atoms with van der Waals surface area (Å²) in [5.41, 5.74) is 0. The Labute approximate surface area is 104 Å². The molecule has 1 aromatic carbocycles. The molecular weight excluding hydrogens is 267 g/mol. The monoisotopic (exact) mass is 286 g/mol. The number of hydrogen-bond acceptors (Lipinski definition) is 2. The van der Waals surface area contributed by atoms with E-state index in [1.54, 1.807) is 0 Å². The molecule has 0 saturated carbocycles. The minimum absolute atomic E-state index is 0.0581. The van der Waals surface area contributed by atoms with E-state index in [4.69, 9.17) is 4.74 Å². The van der Waals surface area contributed by atoms with Gasteiger partial charge in [0.2, 0.25) is 0 Å². The van der Waals surface area contributed by atoms with Crippen molar-refractivity contribution in [1.29, 1.82) is 0 Å². The van der Waals surface area contributed by atoms with Crippen LogP contribution in [0.25, 0.3) is 0 Å². The van der Waals surface area contributed by atoms with E-state index in [0.29, 0.717) is 0 Å². The molecule has 1 atom stereocenters. The van der Waals surface area contributed by atoms with E-state index in [-0.39, 0.29) is 25.7 Å². The van der Waals surface area contributed by atoms with Gasteiger partial charge in [0.15, 0.2) is 0 Å². The summed E-state index contributed by atoms with van der Waals surface area (Å²) in [6.07, 6.45) is 3.16. The third-order valence-corrected chi connectivity index (χ3v) is 4.94. The van der Waals surface area contributed by atoms with Crippen molar-refractivity contribution in [3.05, 3.63) is 30.3 Å². The first kappa shape index (κ1) is 13.3. The van der Waals surface area contributed by atoms with Crippen LogP contribution in [0.1, 0.15) is 26.2 Å². The molecule has 88 valence electrons. The zero-order valence-corrected chi connectivity index (χ0v) is 11.5. The Balaban J connectivity index is 2.59. The molecule has 1 aromatic rings. The average molecular weight is 285 g/mol. The van der Waals surface area contributed by atoms with Crippen LogP contribution < -0.4 is 4.46 Å². The SMILES string of the molecule is CCCCC([Se]c1ccccc1)C(=O)OC. The van der Waals surface area contributed by atoms with Crippen molar-refractivity contribution >= 4 is 25.4 Å². The Morgan fingerprint density at radius 3 is 2.62 bits per heavy atom. The zero-order valence-electron chi connectivity index (χ0n) is 9.81. The van der Waals surface area contributed by atoms with Gasteiger partial charge in [-0.05, 0) is 0 Å². The summed E-state index contributed by atoms with van der Waals surface area (Å²) in [4.78, 5) is 11.7. The first-order valence-electron chi connectivity index (χ1n) is 5.57. The number of esters is 1. The number of carbonyl (C=O) groups excluding carboxylic acids is 1. The van der Waals surface area contributed by atoms with E-state index in [1.807, 2.05) is 18.2 Å². The first-order valence-corrected chi connectivity index (χ1v) is 7.42. The molecule has 0 fully saturated rings. The summed E-state index contributed by atoms with van der Waals surface area (Å²) in [5.74, 6) is -0.0581. The summed E-state index contributed by atoms with van der Waals surface area (Å²) in [7, 11) is 1.47. The molecule has 0 radical (unpaired) electrons. The maximum atomic E-state index is 11.6. The summed E-state index contributed by atoms with van der Waals surface area (Å²) in [6, 6.07) is 10.2. The summed E-state index contributed by atoms with van der Waals surface area (Å²) >= 11 is 0.184. The number of rotatable bonds is 6. The molecule has 0 aliphatic carbocycles. The zero-order chi connectivity index (χ0) is 11.8. The van der Waals surface area contributed by atoms with Gasteiger partial charge in [0, 0.05) is 0 Å². The molecule has 1 unspecified atom stereocenters. The number of unbranched alkanes of at least 4 members (excludes halogenated alkanes) is 1. The fraction of sp³-hybridized carbons (Fsp3) is 0.462. The second-order valence-corrected chi connectivity index (χ2v) is 6.26. The van der Waals surface area contributed by atoms with E-state index in [1.165, 1.54) is 11.6 Å². The van der Waals surface area contributed by atoms with Crippen molar-refractivity contribution < 1.29 is 9.53 Å². The molecule has 0 amide bonds. The number of benzene rings is 1. The Morgan fingerprint density at radius 2 is 2.06 bits per heavy atom. The standard InChI is InChI=1S/C13H18O2Se/c1-3-4-10-12(13(14)15-2)16-11-8-6-5-7-9-11/h5-9,12H,3-4,10H2,1-2H3. The van der Waals surface area contributed by atoms with Gasteiger partial charge in [-0.15, -0.1) is 0 Å². The molecule has 16 heavy (non-hydrogen) atoms. The molecule has 0 bridgehead atoms. The molecule has 0 N–H and O–H groups in total. The molecule has 0 aliphatic heterocycles. The van der Waals surface area contributed by atoms with Gasteiger partial charge in [0.05, 0.1) is 0 Å². The molecule has 0 spiro atoms. The van der Waals surface area contributed by atoms with Crippen LogP contribution in [0.5, 0.6) is 0 Å². The van der Waals surface area contributed by atoms with Gasteiger partial charge in [-0.2, -0.15) is 0 Å². The normalized spacial score (nSPS) is 12.1. The predicted molar refractivity (Wildman–Crippen MR) is 67.1 cm³/mol. The number of methoxy groups -OCH3 is 1. The van der Waals surface area contributed by atoms with Crippen LogP contribution in [-0.2, 0) is 9.53 Å². The molecule has 1 rings (SSSR count). The quantitative estimate of drug-likeness (QED) is 0.591. The predicted octanol–water partition coefficient (Wildman–Crippen LogP) is 2.17. The van der Waals surface area contributed by atoms with Crippen LogP contribution in [0, 0.1) is 0 Å². The van der Waals surface area contributed by atoms with Crippen LogP contribution in [0.4, 0.5) is 0 Å². The Morgan fingerprint density at radius 1 is 1.38 bits per heavy atom. The van der Waals surface area contributed by atoms with Gasteiger partial charge in [0.25, 0.3) is 0 Å². The number of carbonyl (C=O) groups is 1. The van der Waals surface area contributed by atoms with Crippen molar-refractivity contribution in [2.24, 2.45) is 0 Å². The molecule has 0 aliphatic rings. The summed E-state index contributed by atoms with van der Waals surface area (Å²) in [5, 5.41) is 0. The molecule has 0 saturated heterocycles. The molecule has 0 heterocycles. The Hall–Kier alpha value is -0.791. The van der Waals surface area contributed by atoms with Crippen LogP contribution in [-0.4, -0.2) is 28.0 Å². The van der Waals surface area contributed by atoms with E-state index in [0.717, 1.165) is 19.3 Å².